The molecular formula is C57H120N4O16Si6. The summed E-state index contributed by atoms with van der Waals surface area (Å²) < 4.78 is 66.2. The van der Waals surface area contributed by atoms with Gasteiger partial charge in [-0.3, -0.25) is 4.79 Å². The third-order valence-corrected chi connectivity index (χ3v) is 35.3. The summed E-state index contributed by atoms with van der Waals surface area (Å²) in [5, 5.41) is 21.1. The maximum Gasteiger partial charge on any atom is 0.407 e. The molecule has 2 aliphatic carbocycles. The van der Waals surface area contributed by atoms with Gasteiger partial charge in [-0.05, 0) is 164 Å². The zero-order valence-corrected chi connectivity index (χ0v) is 61.5. The molecule has 0 heterocycles. The second kappa shape index (κ2) is 37.5. The lowest BCUT2D eigenvalue weighted by molar-refractivity contribution is -0.120. The third kappa shape index (κ3) is 39.3. The molecule has 20 nitrogen and oxygen atoms in total. The van der Waals surface area contributed by atoms with Crippen molar-refractivity contribution in [1.29, 1.82) is 0 Å². The van der Waals surface area contributed by atoms with Gasteiger partial charge in [0.25, 0.3) is 0 Å². The van der Waals surface area contributed by atoms with E-state index in [0.717, 1.165) is 57.0 Å². The monoisotopic (exact) mass is 1280 g/mol. The second-order valence-electron chi connectivity index (χ2n) is 28.0. The molecule has 0 spiro atoms. The topological polar surface area (TPSA) is 238 Å². The molecule has 0 aromatic carbocycles. The van der Waals surface area contributed by atoms with Crippen LogP contribution < -0.4 is 21.3 Å². The lowest BCUT2D eigenvalue weighted by Crippen LogP contribution is -2.55. The van der Waals surface area contributed by atoms with Gasteiger partial charge in [0.05, 0.1) is 45.5 Å². The summed E-state index contributed by atoms with van der Waals surface area (Å²) in [5.74, 6) is -0.0276. The highest BCUT2D eigenvalue weighted by molar-refractivity contribution is 6.88. The van der Waals surface area contributed by atoms with Crippen LogP contribution in [-0.2, 0) is 54.4 Å². The quantitative estimate of drug-likeness (QED) is 0.0168. The molecule has 4 amide bonds. The first kappa shape index (κ1) is 80.7. The van der Waals surface area contributed by atoms with Crippen LogP contribution in [0.2, 0.25) is 90.7 Å². The van der Waals surface area contributed by atoms with E-state index in [-0.39, 0.29) is 72.7 Å². The minimum absolute atomic E-state index is 0.0170. The number of aliphatic hydroxyl groups is 1. The first-order valence-electron chi connectivity index (χ1n) is 29.9. The molecule has 4 unspecified atom stereocenters. The van der Waals surface area contributed by atoms with Gasteiger partial charge in [0, 0.05) is 45.3 Å². The highest BCUT2D eigenvalue weighted by Crippen LogP contribution is 2.47. The number of alkyl carbamates (subject to hydrolysis) is 3. The number of aliphatic hydroxyl groups excluding tert-OH is 1. The summed E-state index contributed by atoms with van der Waals surface area (Å²) in [7, 11) is -13.4. The predicted octanol–water partition coefficient (Wildman–Crippen LogP) is 11.3. The summed E-state index contributed by atoms with van der Waals surface area (Å²) in [4.78, 5) is 49.9. The molecule has 2 fully saturated rings. The van der Waals surface area contributed by atoms with E-state index in [9.17, 15) is 19.2 Å². The van der Waals surface area contributed by atoms with Crippen LogP contribution >= 0.6 is 0 Å². The Morgan fingerprint density at radius 2 is 0.795 bits per heavy atom. The molecule has 0 aromatic heterocycles. The number of rotatable bonds is 37. The lowest BCUT2D eigenvalue weighted by atomic mass is 9.62. The first-order valence-corrected chi connectivity index (χ1v) is 48.0. The van der Waals surface area contributed by atoms with Crippen molar-refractivity contribution in [2.75, 3.05) is 91.6 Å². The fraction of sp³-hybridized carbons (Fsp3) is 0.860. The number of hydrogen-bond acceptors (Lipinski definition) is 16. The van der Waals surface area contributed by atoms with Gasteiger partial charge in [0.15, 0.2) is 16.6 Å². The van der Waals surface area contributed by atoms with Gasteiger partial charge >= 0.3 is 35.4 Å². The van der Waals surface area contributed by atoms with Gasteiger partial charge in [-0.25, -0.2) is 14.4 Å². The van der Waals surface area contributed by atoms with Crippen molar-refractivity contribution >= 4 is 74.6 Å². The third-order valence-electron chi connectivity index (χ3n) is 13.7. The maximum absolute atomic E-state index is 12.9. The average Bonchev–Trinajstić information content (AvgIpc) is 3.53. The summed E-state index contributed by atoms with van der Waals surface area (Å²) in [6, 6.07) is 1.80. The van der Waals surface area contributed by atoms with Crippen molar-refractivity contribution in [2.45, 2.75) is 203 Å². The van der Waals surface area contributed by atoms with Crippen molar-refractivity contribution in [3.05, 3.63) is 26.3 Å². The number of carbonyl (C=O) groups excluding carboxylic acids is 4. The molecule has 5 N–H and O–H groups in total. The van der Waals surface area contributed by atoms with Gasteiger partial charge in [0.1, 0.15) is 19.8 Å². The van der Waals surface area contributed by atoms with Crippen LogP contribution in [0, 0.1) is 21.7 Å². The number of amides is 4. The summed E-state index contributed by atoms with van der Waals surface area (Å²) in [5.41, 5.74) is -0.437. The van der Waals surface area contributed by atoms with E-state index in [1.54, 1.807) is 6.92 Å². The molecular weight excluding hydrogens is 1170 g/mol. The average molecular weight is 1290 g/mol. The normalized spacial score (nSPS) is 21.0. The number of nitrogens with one attached hydrogen (secondary N) is 4. The van der Waals surface area contributed by atoms with E-state index >= 15 is 0 Å². The van der Waals surface area contributed by atoms with Gasteiger partial charge in [0.2, 0.25) is 22.5 Å². The summed E-state index contributed by atoms with van der Waals surface area (Å²) >= 11 is 0. The molecule has 0 aromatic rings. The fourth-order valence-electron chi connectivity index (χ4n) is 12.5. The number of ether oxygens (including phenoxy) is 7. The van der Waals surface area contributed by atoms with Gasteiger partial charge < -0.3 is 76.0 Å². The van der Waals surface area contributed by atoms with Crippen LogP contribution in [0.25, 0.3) is 0 Å². The Hall–Kier alpha value is -2.30. The Morgan fingerprint density at radius 3 is 1.17 bits per heavy atom. The summed E-state index contributed by atoms with van der Waals surface area (Å²) in [6.07, 6.45) is 6.16. The number of hydrogen-bond donors (Lipinski definition) is 5. The minimum atomic E-state index is -2.47. The second-order valence-corrected chi connectivity index (χ2v) is 52.5. The maximum atomic E-state index is 12.9. The van der Waals surface area contributed by atoms with Crippen LogP contribution in [0.5, 0.6) is 0 Å². The van der Waals surface area contributed by atoms with E-state index in [1.165, 1.54) is 0 Å². The van der Waals surface area contributed by atoms with E-state index in [0.29, 0.717) is 65.0 Å². The van der Waals surface area contributed by atoms with Crippen LogP contribution in [0.1, 0.15) is 99.8 Å². The van der Waals surface area contributed by atoms with Crippen molar-refractivity contribution in [3.8, 4) is 0 Å². The highest BCUT2D eigenvalue weighted by atomic mass is 28.5. The molecule has 488 valence electrons. The van der Waals surface area contributed by atoms with Gasteiger partial charge in [-0.2, -0.15) is 0 Å². The van der Waals surface area contributed by atoms with E-state index in [1.807, 2.05) is 13.1 Å². The Morgan fingerprint density at radius 1 is 0.458 bits per heavy atom. The zero-order valence-electron chi connectivity index (χ0n) is 55.5. The van der Waals surface area contributed by atoms with E-state index < -0.39 is 68.7 Å². The first-order chi connectivity index (χ1) is 38.2. The smallest absolute Gasteiger partial charge is 0.407 e. The lowest BCUT2D eigenvalue weighted by Gasteiger charge is -2.46. The Kier molecular flexibility index (Phi) is 36.5. The molecule has 2 aliphatic rings. The highest BCUT2D eigenvalue weighted by Gasteiger charge is 2.45. The molecule has 0 radical (unpaired) electrons. The molecule has 0 saturated heterocycles. The van der Waals surface area contributed by atoms with Crippen molar-refractivity contribution in [1.82, 2.24) is 21.3 Å². The molecule has 0 aliphatic heterocycles. The zero-order chi connectivity index (χ0) is 64.0. The van der Waals surface area contributed by atoms with Crippen LogP contribution in [0.3, 0.4) is 0 Å². The van der Waals surface area contributed by atoms with Crippen LogP contribution in [-0.4, -0.2) is 183 Å². The SMILES string of the molecule is C=C.C=C.CC(=O)NC1CC(C)(C)CC(C)(CNC(=O)OCCOCCC[Si](C)(C)O[Si](C)(C)O[Si](C)(C)CCCOCCOC(=O)NC2CC(C)(C)CC(C)(CNC(=O)OCCOC[Si](C)(C)O[Si](C)(C)O[Si](C)(C)COCCO)C2)C1. The minimum Gasteiger partial charge on any atom is -0.447 e. The van der Waals surface area contributed by atoms with Crippen LogP contribution in [0.15, 0.2) is 26.3 Å². The van der Waals surface area contributed by atoms with E-state index in [4.69, 9.17) is 54.7 Å². The molecule has 4 atom stereocenters. The van der Waals surface area contributed by atoms with Crippen molar-refractivity contribution in [3.63, 3.8) is 0 Å². The van der Waals surface area contributed by atoms with E-state index in [2.05, 4.69) is 155 Å². The number of carbonyl (C=O) groups is 4. The molecule has 0 bridgehead atoms. The van der Waals surface area contributed by atoms with Gasteiger partial charge in [-0.1, -0.05) is 41.5 Å². The summed E-state index contributed by atoms with van der Waals surface area (Å²) in [6.45, 7) is 55.8. The molecule has 2 saturated carbocycles. The molecule has 83 heavy (non-hydrogen) atoms. The van der Waals surface area contributed by atoms with Crippen LogP contribution in [0.4, 0.5) is 14.4 Å². The fourth-order valence-corrected chi connectivity index (χ4v) is 39.4. The molecule has 2 rings (SSSR count). The van der Waals surface area contributed by atoms with Crippen molar-refractivity contribution in [2.24, 2.45) is 21.7 Å². The standard InChI is InChI=1S/C53H112N4O16Si6.2C2H4/c1-44(59)56-45-34-50(2,3)38-52(6,36-45)40-54-47(60)67-29-26-63-23-20-32-74(8,9)70-78(16,17)71-75(10,11)33-21-24-64-27-30-69-49(62)57-46-35-51(4,5)39-53(7,37-46)41-55-48(61)68-31-28-66-43-77(14,15)73-79(18,19)72-76(12,13)42-65-25-22-58;2*1-2/h45-46,58H,20-43H2,1-19H3,(H,54,60)(H,55,61)(H,56,59)(H,57,62);2*1-2H2. The largest absolute Gasteiger partial charge is 0.447 e. The van der Waals surface area contributed by atoms with Gasteiger partial charge in [-0.15, -0.1) is 26.3 Å². The molecule has 26 heteroatoms. The Bertz CT molecular complexity index is 1900. The Labute approximate surface area is 509 Å². The predicted molar refractivity (Wildman–Crippen MR) is 347 cm³/mol. The Balaban J connectivity index is 0.0000164. The van der Waals surface area contributed by atoms with Crippen molar-refractivity contribution < 1.29 is 73.9 Å².